The van der Waals surface area contributed by atoms with Gasteiger partial charge in [0.15, 0.2) is 0 Å². The molecular formula is C22H25N3O3. The second-order valence-corrected chi connectivity index (χ2v) is 7.25. The summed E-state index contributed by atoms with van der Waals surface area (Å²) in [7, 11) is 1.60. The first-order valence-corrected chi connectivity index (χ1v) is 9.41. The van der Waals surface area contributed by atoms with E-state index in [2.05, 4.69) is 10.6 Å². The molecule has 1 unspecified atom stereocenters. The molecule has 0 spiro atoms. The van der Waals surface area contributed by atoms with Gasteiger partial charge in [-0.1, -0.05) is 35.9 Å². The highest BCUT2D eigenvalue weighted by Gasteiger charge is 2.26. The van der Waals surface area contributed by atoms with Gasteiger partial charge in [-0.3, -0.25) is 14.4 Å². The molecule has 0 radical (unpaired) electrons. The second kappa shape index (κ2) is 8.69. The number of anilines is 2. The number of fused-ring (bicyclic) bond motifs is 1. The highest BCUT2D eigenvalue weighted by molar-refractivity contribution is 5.96. The molecule has 6 nitrogen and oxygen atoms in total. The number of hydrogen-bond acceptors (Lipinski definition) is 3. The average molecular weight is 379 g/mol. The number of hydrogen-bond donors (Lipinski definition) is 2. The summed E-state index contributed by atoms with van der Waals surface area (Å²) in [5.74, 6) is -0.672. The maximum absolute atomic E-state index is 12.4. The zero-order chi connectivity index (χ0) is 20.1. The standard InChI is InChI=1S/C22H25N3O3/c1-15-7-10-18(11-8-15)23-20(26)14-25(2)21(27)12-9-17-13-16-5-3-4-6-19(16)24-22(17)28/h3-8,10-11,17H,9,12-14H2,1-2H3,(H,23,26)(H,24,28). The first kappa shape index (κ1) is 19.6. The van der Waals surface area contributed by atoms with Crippen LogP contribution < -0.4 is 10.6 Å². The molecule has 146 valence electrons. The van der Waals surface area contributed by atoms with Crippen LogP contribution in [0.2, 0.25) is 0 Å². The third-order valence-electron chi connectivity index (χ3n) is 4.96. The van der Waals surface area contributed by atoms with Crippen molar-refractivity contribution < 1.29 is 14.4 Å². The molecule has 3 rings (SSSR count). The van der Waals surface area contributed by atoms with Gasteiger partial charge >= 0.3 is 0 Å². The molecule has 2 N–H and O–H groups in total. The van der Waals surface area contributed by atoms with Gasteiger partial charge in [0.2, 0.25) is 17.7 Å². The number of likely N-dealkylation sites (N-methyl/N-ethyl adjacent to an activating group) is 1. The summed E-state index contributed by atoms with van der Waals surface area (Å²) in [6, 6.07) is 15.2. The van der Waals surface area contributed by atoms with E-state index in [1.165, 1.54) is 4.90 Å². The number of nitrogens with zero attached hydrogens (tertiary/aromatic N) is 1. The van der Waals surface area contributed by atoms with Crippen LogP contribution in [-0.2, 0) is 20.8 Å². The third kappa shape index (κ3) is 4.97. The lowest BCUT2D eigenvalue weighted by Gasteiger charge is -2.25. The highest BCUT2D eigenvalue weighted by Crippen LogP contribution is 2.27. The molecule has 6 heteroatoms. The fraction of sp³-hybridized carbons (Fsp3) is 0.318. The molecule has 1 atom stereocenters. The summed E-state index contributed by atoms with van der Waals surface area (Å²) >= 11 is 0. The largest absolute Gasteiger partial charge is 0.336 e. The number of carbonyl (C=O) groups is 3. The molecule has 0 saturated heterocycles. The number of amides is 3. The molecule has 0 aromatic heterocycles. The molecule has 0 fully saturated rings. The number of aryl methyl sites for hydroxylation is 1. The maximum Gasteiger partial charge on any atom is 0.243 e. The van der Waals surface area contributed by atoms with E-state index in [1.54, 1.807) is 7.05 Å². The van der Waals surface area contributed by atoms with Crippen molar-refractivity contribution in [1.29, 1.82) is 0 Å². The smallest absolute Gasteiger partial charge is 0.243 e. The van der Waals surface area contributed by atoms with Crippen molar-refractivity contribution in [2.24, 2.45) is 5.92 Å². The van der Waals surface area contributed by atoms with Crippen molar-refractivity contribution in [3.05, 3.63) is 59.7 Å². The van der Waals surface area contributed by atoms with E-state index in [-0.39, 0.29) is 36.6 Å². The van der Waals surface area contributed by atoms with Gasteiger partial charge in [-0.2, -0.15) is 0 Å². The monoisotopic (exact) mass is 379 g/mol. The van der Waals surface area contributed by atoms with Crippen LogP contribution in [-0.4, -0.2) is 36.2 Å². The lowest BCUT2D eigenvalue weighted by molar-refractivity contribution is -0.133. The Kier molecular flexibility index (Phi) is 6.09. The van der Waals surface area contributed by atoms with Crippen molar-refractivity contribution in [1.82, 2.24) is 4.90 Å². The zero-order valence-corrected chi connectivity index (χ0v) is 16.2. The van der Waals surface area contributed by atoms with Crippen LogP contribution in [0.25, 0.3) is 0 Å². The van der Waals surface area contributed by atoms with Gasteiger partial charge in [-0.15, -0.1) is 0 Å². The molecule has 3 amide bonds. The van der Waals surface area contributed by atoms with Crippen LogP contribution in [0.3, 0.4) is 0 Å². The van der Waals surface area contributed by atoms with Crippen LogP contribution in [0.15, 0.2) is 48.5 Å². The van der Waals surface area contributed by atoms with Gasteiger partial charge in [0.1, 0.15) is 0 Å². The zero-order valence-electron chi connectivity index (χ0n) is 16.2. The number of para-hydroxylation sites is 1. The van der Waals surface area contributed by atoms with E-state index < -0.39 is 0 Å². The van der Waals surface area contributed by atoms with E-state index >= 15 is 0 Å². The minimum absolute atomic E-state index is 0.0214. The second-order valence-electron chi connectivity index (χ2n) is 7.25. The minimum Gasteiger partial charge on any atom is -0.336 e. The predicted octanol–water partition coefficient (Wildman–Crippen LogP) is 2.98. The lowest BCUT2D eigenvalue weighted by atomic mass is 9.89. The van der Waals surface area contributed by atoms with Gasteiger partial charge in [0.05, 0.1) is 6.54 Å². The Hall–Kier alpha value is -3.15. The van der Waals surface area contributed by atoms with Crippen LogP contribution in [0, 0.1) is 12.8 Å². The lowest BCUT2D eigenvalue weighted by Crippen LogP contribution is -2.36. The molecule has 2 aromatic carbocycles. The summed E-state index contributed by atoms with van der Waals surface area (Å²) < 4.78 is 0. The van der Waals surface area contributed by atoms with E-state index in [9.17, 15) is 14.4 Å². The molecule has 0 aliphatic carbocycles. The number of rotatable bonds is 6. The van der Waals surface area contributed by atoms with Crippen molar-refractivity contribution in [2.75, 3.05) is 24.2 Å². The Morgan fingerprint density at radius 1 is 1.14 bits per heavy atom. The molecular weight excluding hydrogens is 354 g/mol. The van der Waals surface area contributed by atoms with Gasteiger partial charge < -0.3 is 15.5 Å². The first-order valence-electron chi connectivity index (χ1n) is 9.41. The molecule has 1 aliphatic rings. The maximum atomic E-state index is 12.4. The van der Waals surface area contributed by atoms with Crippen LogP contribution in [0.4, 0.5) is 11.4 Å². The Morgan fingerprint density at radius 3 is 2.61 bits per heavy atom. The fourth-order valence-electron chi connectivity index (χ4n) is 3.28. The summed E-state index contributed by atoms with van der Waals surface area (Å²) in [6.45, 7) is 1.95. The summed E-state index contributed by atoms with van der Waals surface area (Å²) in [4.78, 5) is 38.2. The molecule has 1 aliphatic heterocycles. The van der Waals surface area contributed by atoms with Crippen molar-refractivity contribution in [2.45, 2.75) is 26.2 Å². The Balaban J connectivity index is 1.47. The average Bonchev–Trinajstić information content (AvgIpc) is 2.67. The normalized spacial score (nSPS) is 15.4. The first-order chi connectivity index (χ1) is 13.4. The molecule has 0 saturated carbocycles. The summed E-state index contributed by atoms with van der Waals surface area (Å²) in [6.07, 6.45) is 1.32. The minimum atomic E-state index is -0.246. The SMILES string of the molecule is Cc1ccc(NC(=O)CN(C)C(=O)CCC2Cc3ccccc3NC2=O)cc1. The van der Waals surface area contributed by atoms with Crippen molar-refractivity contribution in [3.8, 4) is 0 Å². The molecule has 0 bridgehead atoms. The Morgan fingerprint density at radius 2 is 1.86 bits per heavy atom. The predicted molar refractivity (Wildman–Crippen MR) is 109 cm³/mol. The topological polar surface area (TPSA) is 78.5 Å². The molecule has 28 heavy (non-hydrogen) atoms. The summed E-state index contributed by atoms with van der Waals surface area (Å²) in [5, 5.41) is 5.68. The van der Waals surface area contributed by atoms with Crippen molar-refractivity contribution in [3.63, 3.8) is 0 Å². The van der Waals surface area contributed by atoms with E-state index in [4.69, 9.17) is 0 Å². The van der Waals surface area contributed by atoms with Crippen LogP contribution in [0.5, 0.6) is 0 Å². The number of benzene rings is 2. The van der Waals surface area contributed by atoms with E-state index in [0.29, 0.717) is 18.5 Å². The van der Waals surface area contributed by atoms with E-state index in [0.717, 1.165) is 16.8 Å². The fourth-order valence-corrected chi connectivity index (χ4v) is 3.28. The molecule has 1 heterocycles. The Labute approximate surface area is 164 Å². The van der Waals surface area contributed by atoms with Crippen LogP contribution >= 0.6 is 0 Å². The van der Waals surface area contributed by atoms with Gasteiger partial charge in [0, 0.05) is 30.8 Å². The molecule has 2 aromatic rings. The van der Waals surface area contributed by atoms with Crippen LogP contribution in [0.1, 0.15) is 24.0 Å². The number of nitrogens with one attached hydrogen (secondary N) is 2. The Bertz CT molecular complexity index is 877. The van der Waals surface area contributed by atoms with Gasteiger partial charge in [-0.25, -0.2) is 0 Å². The number of carbonyl (C=O) groups excluding carboxylic acids is 3. The van der Waals surface area contributed by atoms with Gasteiger partial charge in [0.25, 0.3) is 0 Å². The highest BCUT2D eigenvalue weighted by atomic mass is 16.2. The quantitative estimate of drug-likeness (QED) is 0.810. The van der Waals surface area contributed by atoms with E-state index in [1.807, 2.05) is 55.5 Å². The third-order valence-corrected chi connectivity index (χ3v) is 4.96. The van der Waals surface area contributed by atoms with Crippen molar-refractivity contribution >= 4 is 29.1 Å². The summed E-state index contributed by atoms with van der Waals surface area (Å²) in [5.41, 5.74) is 3.75. The van der Waals surface area contributed by atoms with Gasteiger partial charge in [-0.05, 0) is 43.5 Å².